The van der Waals surface area contributed by atoms with Gasteiger partial charge in [-0.05, 0) is 36.5 Å². The summed E-state index contributed by atoms with van der Waals surface area (Å²) in [5, 5.41) is 0. The van der Waals surface area contributed by atoms with E-state index in [9.17, 15) is 17.6 Å². The highest BCUT2D eigenvalue weighted by molar-refractivity contribution is 5.34. The summed E-state index contributed by atoms with van der Waals surface area (Å²) in [5.41, 5.74) is 0.704. The van der Waals surface area contributed by atoms with Crippen molar-refractivity contribution in [2.45, 2.75) is 25.1 Å². The summed E-state index contributed by atoms with van der Waals surface area (Å²) >= 11 is 0. The Morgan fingerprint density at radius 1 is 1.20 bits per heavy atom. The summed E-state index contributed by atoms with van der Waals surface area (Å²) in [6.45, 7) is 0. The molecule has 0 spiro atoms. The third kappa shape index (κ3) is 2.61. The smallest absolute Gasteiger partial charge is 0.403 e. The van der Waals surface area contributed by atoms with E-state index >= 15 is 0 Å². The first-order valence-electron chi connectivity index (χ1n) is 4.51. The molecule has 1 aliphatic rings. The molecule has 0 aliphatic heterocycles. The van der Waals surface area contributed by atoms with Crippen molar-refractivity contribution in [3.05, 3.63) is 29.6 Å². The van der Waals surface area contributed by atoms with Gasteiger partial charge in [-0.3, -0.25) is 0 Å². The zero-order chi connectivity index (χ0) is 11.1. The van der Waals surface area contributed by atoms with Crippen molar-refractivity contribution >= 4 is 0 Å². The Hall–Kier alpha value is -1.26. The number of alkyl halides is 3. The fourth-order valence-corrected chi connectivity index (χ4v) is 1.39. The van der Waals surface area contributed by atoms with Gasteiger partial charge in [-0.25, -0.2) is 4.39 Å². The molecule has 0 amide bonds. The van der Waals surface area contributed by atoms with Crippen LogP contribution in [0.4, 0.5) is 17.6 Å². The summed E-state index contributed by atoms with van der Waals surface area (Å²) in [6, 6.07) is 3.63. The van der Waals surface area contributed by atoms with Gasteiger partial charge in [-0.1, -0.05) is 6.07 Å². The third-order valence-corrected chi connectivity index (χ3v) is 2.23. The molecule has 1 fully saturated rings. The number of halogens is 4. The Bertz CT molecular complexity index is 368. The second-order valence-electron chi connectivity index (χ2n) is 3.51. The van der Waals surface area contributed by atoms with E-state index in [1.807, 2.05) is 0 Å². The second kappa shape index (κ2) is 3.40. The van der Waals surface area contributed by atoms with E-state index in [1.165, 1.54) is 6.07 Å². The predicted octanol–water partition coefficient (Wildman–Crippen LogP) is 3.60. The number of ether oxygens (including phenoxy) is 1. The lowest BCUT2D eigenvalue weighted by molar-refractivity contribution is -0.275. The molecular weight excluding hydrogens is 212 g/mol. The van der Waals surface area contributed by atoms with Crippen LogP contribution in [0.15, 0.2) is 18.2 Å². The summed E-state index contributed by atoms with van der Waals surface area (Å²) in [7, 11) is 0. The van der Waals surface area contributed by atoms with Crippen LogP contribution in [0.25, 0.3) is 0 Å². The van der Waals surface area contributed by atoms with Crippen LogP contribution in [0.2, 0.25) is 0 Å². The summed E-state index contributed by atoms with van der Waals surface area (Å²) in [6.07, 6.45) is -2.96. The molecule has 82 valence electrons. The average molecular weight is 220 g/mol. The van der Waals surface area contributed by atoms with Crippen LogP contribution in [0.3, 0.4) is 0 Å². The Morgan fingerprint density at radius 2 is 1.87 bits per heavy atom. The molecule has 0 radical (unpaired) electrons. The summed E-state index contributed by atoms with van der Waals surface area (Å²) < 4.78 is 52.2. The lowest BCUT2D eigenvalue weighted by atomic mass is 10.1. The van der Waals surface area contributed by atoms with Crippen molar-refractivity contribution in [3.8, 4) is 5.75 Å². The number of rotatable bonds is 2. The second-order valence-corrected chi connectivity index (χ2v) is 3.51. The highest BCUT2D eigenvalue weighted by Gasteiger charge is 2.33. The van der Waals surface area contributed by atoms with E-state index < -0.39 is 17.9 Å². The summed E-state index contributed by atoms with van der Waals surface area (Å²) in [5.74, 6) is -1.47. The lowest BCUT2D eigenvalue weighted by Gasteiger charge is -2.10. The minimum Gasteiger partial charge on any atom is -0.403 e. The first-order valence-corrected chi connectivity index (χ1v) is 4.51. The maximum atomic E-state index is 13.0. The molecule has 1 aromatic carbocycles. The van der Waals surface area contributed by atoms with Gasteiger partial charge >= 0.3 is 6.36 Å². The van der Waals surface area contributed by atoms with Gasteiger partial charge in [-0.2, -0.15) is 0 Å². The number of hydrogen-bond donors (Lipinski definition) is 0. The summed E-state index contributed by atoms with van der Waals surface area (Å²) in [4.78, 5) is 0. The molecule has 0 saturated heterocycles. The predicted molar refractivity (Wildman–Crippen MR) is 45.1 cm³/mol. The fourth-order valence-electron chi connectivity index (χ4n) is 1.39. The van der Waals surface area contributed by atoms with Gasteiger partial charge in [0.15, 0.2) is 11.6 Å². The van der Waals surface area contributed by atoms with Crippen LogP contribution in [-0.4, -0.2) is 6.36 Å². The third-order valence-electron chi connectivity index (χ3n) is 2.23. The van der Waals surface area contributed by atoms with E-state index in [0.29, 0.717) is 5.56 Å². The topological polar surface area (TPSA) is 9.23 Å². The largest absolute Gasteiger partial charge is 0.573 e. The van der Waals surface area contributed by atoms with Crippen molar-refractivity contribution in [1.82, 2.24) is 0 Å². The minimum atomic E-state index is -4.84. The monoisotopic (exact) mass is 220 g/mol. The molecule has 0 atom stereocenters. The van der Waals surface area contributed by atoms with E-state index in [0.717, 1.165) is 25.0 Å². The van der Waals surface area contributed by atoms with Gasteiger partial charge in [0.05, 0.1) is 0 Å². The van der Waals surface area contributed by atoms with Crippen LogP contribution in [0, 0.1) is 5.82 Å². The van der Waals surface area contributed by atoms with Crippen LogP contribution in [0.1, 0.15) is 24.3 Å². The Labute approximate surface area is 83.7 Å². The maximum absolute atomic E-state index is 13.0. The maximum Gasteiger partial charge on any atom is 0.573 e. The zero-order valence-corrected chi connectivity index (χ0v) is 7.64. The van der Waals surface area contributed by atoms with Crippen molar-refractivity contribution in [2.75, 3.05) is 0 Å². The Balaban J connectivity index is 2.24. The van der Waals surface area contributed by atoms with Crippen molar-refractivity contribution < 1.29 is 22.3 Å². The number of hydrogen-bond acceptors (Lipinski definition) is 1. The van der Waals surface area contributed by atoms with E-state index in [-0.39, 0.29) is 5.92 Å². The van der Waals surface area contributed by atoms with E-state index in [4.69, 9.17) is 0 Å². The van der Waals surface area contributed by atoms with Crippen LogP contribution in [0.5, 0.6) is 5.75 Å². The van der Waals surface area contributed by atoms with E-state index in [1.54, 1.807) is 0 Å². The Morgan fingerprint density at radius 3 is 2.40 bits per heavy atom. The minimum absolute atomic E-state index is 0.265. The van der Waals surface area contributed by atoms with Gasteiger partial charge in [0.25, 0.3) is 0 Å². The first-order chi connectivity index (χ1) is 6.96. The van der Waals surface area contributed by atoms with Gasteiger partial charge < -0.3 is 4.74 Å². The quantitative estimate of drug-likeness (QED) is 0.692. The molecular formula is C10H8F4O. The van der Waals surface area contributed by atoms with Crippen molar-refractivity contribution in [2.24, 2.45) is 0 Å². The van der Waals surface area contributed by atoms with Crippen LogP contribution < -0.4 is 4.74 Å². The SMILES string of the molecule is Fc1ccc(C2CC2)cc1OC(F)(F)F. The first kappa shape index (κ1) is 10.3. The molecule has 1 aromatic rings. The van der Waals surface area contributed by atoms with Crippen LogP contribution >= 0.6 is 0 Å². The molecule has 1 nitrogen and oxygen atoms in total. The van der Waals surface area contributed by atoms with E-state index in [2.05, 4.69) is 4.74 Å². The van der Waals surface area contributed by atoms with Crippen molar-refractivity contribution in [3.63, 3.8) is 0 Å². The average Bonchev–Trinajstić information content (AvgIpc) is 2.89. The highest BCUT2D eigenvalue weighted by Crippen LogP contribution is 2.41. The van der Waals surface area contributed by atoms with Crippen LogP contribution in [-0.2, 0) is 0 Å². The molecule has 1 aliphatic carbocycles. The molecule has 0 N–H and O–H groups in total. The van der Waals surface area contributed by atoms with Gasteiger partial charge in [-0.15, -0.1) is 13.2 Å². The standard InChI is InChI=1S/C10H8F4O/c11-8-4-3-7(6-1-2-6)5-9(8)15-10(12,13)14/h3-6H,1-2H2. The molecule has 15 heavy (non-hydrogen) atoms. The Kier molecular flexibility index (Phi) is 2.32. The molecule has 0 bridgehead atoms. The lowest BCUT2D eigenvalue weighted by Crippen LogP contribution is -2.18. The highest BCUT2D eigenvalue weighted by atomic mass is 19.4. The molecule has 0 aromatic heterocycles. The zero-order valence-electron chi connectivity index (χ0n) is 7.64. The van der Waals surface area contributed by atoms with Crippen molar-refractivity contribution in [1.29, 1.82) is 0 Å². The number of benzene rings is 1. The van der Waals surface area contributed by atoms with Gasteiger partial charge in [0.1, 0.15) is 0 Å². The molecule has 0 heterocycles. The van der Waals surface area contributed by atoms with Gasteiger partial charge in [0, 0.05) is 0 Å². The molecule has 2 rings (SSSR count). The fraction of sp³-hybridized carbons (Fsp3) is 0.400. The molecule has 0 unspecified atom stereocenters. The molecule has 1 saturated carbocycles. The normalized spacial score (nSPS) is 16.5. The van der Waals surface area contributed by atoms with Gasteiger partial charge in [0.2, 0.25) is 0 Å². The molecule has 5 heteroatoms.